The number of hydrogen-bond donors (Lipinski definition) is 1. The third kappa shape index (κ3) is 2.95. The van der Waals surface area contributed by atoms with Crippen LogP contribution < -0.4 is 0 Å². The van der Waals surface area contributed by atoms with E-state index < -0.39 is 5.97 Å². The van der Waals surface area contributed by atoms with Crippen molar-refractivity contribution in [3.8, 4) is 11.8 Å². The number of rotatable bonds is 1. The molecular formula is C12H12O2. The molecule has 2 heteroatoms. The van der Waals surface area contributed by atoms with Crippen molar-refractivity contribution in [2.75, 3.05) is 0 Å². The van der Waals surface area contributed by atoms with Gasteiger partial charge in [-0.15, -0.1) is 0 Å². The van der Waals surface area contributed by atoms with E-state index in [1.165, 1.54) is 5.56 Å². The zero-order chi connectivity index (χ0) is 10.6. The van der Waals surface area contributed by atoms with Gasteiger partial charge in [-0.25, -0.2) is 4.79 Å². The third-order valence-corrected chi connectivity index (χ3v) is 1.97. The Kier molecular flexibility index (Phi) is 3.30. The topological polar surface area (TPSA) is 37.3 Å². The first-order valence-corrected chi connectivity index (χ1v) is 4.37. The molecule has 1 rings (SSSR count). The van der Waals surface area contributed by atoms with Gasteiger partial charge in [-0.1, -0.05) is 29.7 Å². The molecule has 0 aromatic heterocycles. The van der Waals surface area contributed by atoms with Crippen molar-refractivity contribution < 1.29 is 9.90 Å². The summed E-state index contributed by atoms with van der Waals surface area (Å²) in [5, 5.41) is 8.33. The second-order valence-electron chi connectivity index (χ2n) is 3.21. The van der Waals surface area contributed by atoms with E-state index in [-0.39, 0.29) is 0 Å². The lowest BCUT2D eigenvalue weighted by Crippen LogP contribution is -1.91. The molecule has 0 aliphatic heterocycles. The molecule has 1 aromatic rings. The van der Waals surface area contributed by atoms with Crippen LogP contribution in [0.5, 0.6) is 0 Å². The van der Waals surface area contributed by atoms with Crippen LogP contribution in [-0.4, -0.2) is 11.1 Å². The zero-order valence-electron chi connectivity index (χ0n) is 8.29. The van der Waals surface area contributed by atoms with E-state index in [0.29, 0.717) is 6.42 Å². The summed E-state index contributed by atoms with van der Waals surface area (Å²) in [4.78, 5) is 10.2. The van der Waals surface area contributed by atoms with Crippen LogP contribution in [-0.2, 0) is 11.2 Å². The molecule has 1 aromatic carbocycles. The molecule has 1 N–H and O–H groups in total. The van der Waals surface area contributed by atoms with Crippen molar-refractivity contribution in [3.05, 3.63) is 34.9 Å². The van der Waals surface area contributed by atoms with Gasteiger partial charge in [0.1, 0.15) is 0 Å². The second-order valence-corrected chi connectivity index (χ2v) is 3.21. The highest BCUT2D eigenvalue weighted by atomic mass is 16.4. The Morgan fingerprint density at radius 3 is 2.71 bits per heavy atom. The number of carboxylic acids is 1. The van der Waals surface area contributed by atoms with E-state index in [1.54, 1.807) is 0 Å². The minimum atomic E-state index is -1.07. The van der Waals surface area contributed by atoms with Gasteiger partial charge in [0.15, 0.2) is 0 Å². The molecule has 0 bridgehead atoms. The van der Waals surface area contributed by atoms with E-state index in [2.05, 4.69) is 17.9 Å². The van der Waals surface area contributed by atoms with Gasteiger partial charge in [0.05, 0.1) is 0 Å². The summed E-state index contributed by atoms with van der Waals surface area (Å²) in [5.41, 5.74) is 3.45. The summed E-state index contributed by atoms with van der Waals surface area (Å²) in [7, 11) is 0. The average Bonchev–Trinajstić information content (AvgIpc) is 2.08. The molecule has 0 aliphatic carbocycles. The first-order chi connectivity index (χ1) is 6.59. The quantitative estimate of drug-likeness (QED) is 0.684. The summed E-state index contributed by atoms with van der Waals surface area (Å²) < 4.78 is 0. The van der Waals surface area contributed by atoms with Crippen LogP contribution >= 0.6 is 0 Å². The van der Waals surface area contributed by atoms with Gasteiger partial charge in [0, 0.05) is 12.3 Å². The highest BCUT2D eigenvalue weighted by Gasteiger charge is 1.95. The maximum absolute atomic E-state index is 10.2. The third-order valence-electron chi connectivity index (χ3n) is 1.97. The zero-order valence-corrected chi connectivity index (χ0v) is 8.29. The predicted molar refractivity (Wildman–Crippen MR) is 55.0 cm³/mol. The summed E-state index contributed by atoms with van der Waals surface area (Å²) in [6.45, 7) is 4.03. The predicted octanol–water partition coefficient (Wildman–Crippen LogP) is 1.93. The fourth-order valence-electron chi connectivity index (χ4n) is 1.26. The molecule has 0 radical (unpaired) electrons. The first kappa shape index (κ1) is 10.3. The Labute approximate surface area is 83.6 Å². The van der Waals surface area contributed by atoms with Crippen LogP contribution in [0, 0.1) is 25.7 Å². The van der Waals surface area contributed by atoms with E-state index >= 15 is 0 Å². The molecule has 0 fully saturated rings. The summed E-state index contributed by atoms with van der Waals surface area (Å²) >= 11 is 0. The van der Waals surface area contributed by atoms with Crippen LogP contribution in [0.1, 0.15) is 16.7 Å². The fraction of sp³-hybridized carbons (Fsp3) is 0.250. The van der Waals surface area contributed by atoms with Crippen molar-refractivity contribution in [3.63, 3.8) is 0 Å². The van der Waals surface area contributed by atoms with E-state index in [0.717, 1.165) is 11.1 Å². The van der Waals surface area contributed by atoms with Crippen LogP contribution in [0.15, 0.2) is 18.2 Å². The van der Waals surface area contributed by atoms with Crippen LogP contribution in [0.25, 0.3) is 0 Å². The Morgan fingerprint density at radius 2 is 2.14 bits per heavy atom. The van der Waals surface area contributed by atoms with Crippen LogP contribution in [0.3, 0.4) is 0 Å². The molecule has 0 atom stereocenters. The first-order valence-electron chi connectivity index (χ1n) is 4.37. The van der Waals surface area contributed by atoms with Gasteiger partial charge in [0.2, 0.25) is 0 Å². The molecule has 2 nitrogen and oxygen atoms in total. The SMILES string of the molecule is Cc1ccc(CC#CC(=O)O)c(C)c1. The lowest BCUT2D eigenvalue weighted by atomic mass is 10.0. The number of carboxylic acid groups (broad SMARTS) is 1. The average molecular weight is 188 g/mol. The number of aryl methyl sites for hydroxylation is 2. The molecule has 0 amide bonds. The van der Waals surface area contributed by atoms with Gasteiger partial charge in [-0.2, -0.15) is 0 Å². The highest BCUT2D eigenvalue weighted by Crippen LogP contribution is 2.10. The van der Waals surface area contributed by atoms with Gasteiger partial charge in [-0.05, 0) is 25.0 Å². The van der Waals surface area contributed by atoms with Gasteiger partial charge < -0.3 is 5.11 Å². The molecule has 0 saturated carbocycles. The van der Waals surface area contributed by atoms with Crippen molar-refractivity contribution in [2.45, 2.75) is 20.3 Å². The Morgan fingerprint density at radius 1 is 1.43 bits per heavy atom. The van der Waals surface area contributed by atoms with Crippen molar-refractivity contribution in [2.24, 2.45) is 0 Å². The smallest absolute Gasteiger partial charge is 0.381 e. The largest absolute Gasteiger partial charge is 0.472 e. The van der Waals surface area contributed by atoms with Gasteiger partial charge in [-0.3, -0.25) is 0 Å². The van der Waals surface area contributed by atoms with Gasteiger partial charge in [0.25, 0.3) is 0 Å². The standard InChI is InChI=1S/C12H12O2/c1-9-6-7-11(10(2)8-9)4-3-5-12(13)14/h6-8H,4H2,1-2H3,(H,13,14). The van der Waals surface area contributed by atoms with Crippen molar-refractivity contribution in [1.29, 1.82) is 0 Å². The molecule has 0 spiro atoms. The van der Waals surface area contributed by atoms with Crippen LogP contribution in [0.4, 0.5) is 0 Å². The second kappa shape index (κ2) is 4.48. The minimum absolute atomic E-state index is 0.498. The number of hydrogen-bond acceptors (Lipinski definition) is 1. The maximum Gasteiger partial charge on any atom is 0.381 e. The normalized spacial score (nSPS) is 9.00. The highest BCUT2D eigenvalue weighted by molar-refractivity contribution is 5.86. The monoisotopic (exact) mass is 188 g/mol. The lowest BCUT2D eigenvalue weighted by Gasteiger charge is -2.01. The van der Waals surface area contributed by atoms with Crippen molar-refractivity contribution in [1.82, 2.24) is 0 Å². The Bertz CT molecular complexity index is 408. The summed E-state index contributed by atoms with van der Waals surface area (Å²) in [6.07, 6.45) is 0.498. The lowest BCUT2D eigenvalue weighted by molar-refractivity contribution is -0.130. The summed E-state index contributed by atoms with van der Waals surface area (Å²) in [6, 6.07) is 6.06. The number of aliphatic carboxylic acids is 1. The summed E-state index contributed by atoms with van der Waals surface area (Å²) in [5.74, 6) is 3.64. The minimum Gasteiger partial charge on any atom is -0.472 e. The number of benzene rings is 1. The van der Waals surface area contributed by atoms with E-state index in [1.807, 2.05) is 26.0 Å². The van der Waals surface area contributed by atoms with E-state index in [9.17, 15) is 4.79 Å². The molecule has 0 saturated heterocycles. The molecule has 0 unspecified atom stereocenters. The molecule has 72 valence electrons. The maximum atomic E-state index is 10.2. The molecule has 0 aliphatic rings. The Balaban J connectivity index is 2.79. The van der Waals surface area contributed by atoms with Crippen molar-refractivity contribution >= 4 is 5.97 Å². The molecular weight excluding hydrogens is 176 g/mol. The van der Waals surface area contributed by atoms with Crippen LogP contribution in [0.2, 0.25) is 0 Å². The Hall–Kier alpha value is -1.75. The van der Waals surface area contributed by atoms with E-state index in [4.69, 9.17) is 5.11 Å². The number of carbonyl (C=O) groups is 1. The molecule has 14 heavy (non-hydrogen) atoms. The fourth-order valence-corrected chi connectivity index (χ4v) is 1.26. The van der Waals surface area contributed by atoms with Gasteiger partial charge >= 0.3 is 5.97 Å². The molecule has 0 heterocycles.